The molecule has 0 radical (unpaired) electrons. The lowest BCUT2D eigenvalue weighted by Crippen LogP contribution is -2.40. The van der Waals surface area contributed by atoms with Crippen LogP contribution in [0.4, 0.5) is 0 Å². The van der Waals surface area contributed by atoms with Gasteiger partial charge < -0.3 is 15.6 Å². The molecule has 0 saturated heterocycles. The molecule has 2 rings (SSSR count). The van der Waals surface area contributed by atoms with Gasteiger partial charge in [0, 0.05) is 6.04 Å². The Morgan fingerprint density at radius 2 is 1.58 bits per heavy atom. The zero-order valence-corrected chi connectivity index (χ0v) is 10.4. The number of aliphatic carboxylic acids is 1. The fourth-order valence-corrected chi connectivity index (χ4v) is 2.12. The first kappa shape index (κ1) is 20.2. The van der Waals surface area contributed by atoms with E-state index in [1.807, 2.05) is 0 Å². The molecule has 0 aromatic carbocycles. The SMILES string of the molecule is C.C.CC1CC(C(=O)O)C1.COC(=O)C1CC(N)C1. The number of hydrogen-bond donors (Lipinski definition) is 2. The van der Waals surface area contributed by atoms with Gasteiger partial charge in [0.15, 0.2) is 0 Å². The Labute approximate surface area is 116 Å². The molecule has 0 amide bonds. The van der Waals surface area contributed by atoms with E-state index in [1.54, 1.807) is 0 Å². The van der Waals surface area contributed by atoms with Crippen molar-refractivity contribution in [2.75, 3.05) is 7.11 Å². The maximum absolute atomic E-state index is 10.7. The van der Waals surface area contributed by atoms with E-state index in [1.165, 1.54) is 7.11 Å². The number of rotatable bonds is 2. The van der Waals surface area contributed by atoms with E-state index in [4.69, 9.17) is 10.8 Å². The van der Waals surface area contributed by atoms with Crippen LogP contribution >= 0.6 is 0 Å². The van der Waals surface area contributed by atoms with Crippen LogP contribution in [0.25, 0.3) is 0 Å². The Morgan fingerprint density at radius 1 is 1.11 bits per heavy atom. The smallest absolute Gasteiger partial charge is 0.308 e. The molecule has 0 unspecified atom stereocenters. The number of esters is 1. The fraction of sp³-hybridized carbons (Fsp3) is 0.857. The molecule has 2 aliphatic rings. The van der Waals surface area contributed by atoms with Crippen LogP contribution in [0.3, 0.4) is 0 Å². The van der Waals surface area contributed by atoms with Crippen molar-refractivity contribution in [2.45, 2.75) is 53.5 Å². The van der Waals surface area contributed by atoms with Gasteiger partial charge in [0.2, 0.25) is 0 Å². The van der Waals surface area contributed by atoms with Crippen LogP contribution in [-0.2, 0) is 14.3 Å². The van der Waals surface area contributed by atoms with Crippen molar-refractivity contribution in [1.82, 2.24) is 0 Å². The molecule has 2 aliphatic carbocycles. The first-order chi connectivity index (χ1) is 7.93. The predicted octanol–water partition coefficient (Wildman–Crippen LogP) is 2.29. The van der Waals surface area contributed by atoms with E-state index in [2.05, 4.69) is 11.7 Å². The number of hydrogen-bond acceptors (Lipinski definition) is 4. The van der Waals surface area contributed by atoms with E-state index >= 15 is 0 Å². The molecule has 0 atom stereocenters. The van der Waals surface area contributed by atoms with Crippen LogP contribution in [0.5, 0.6) is 0 Å². The van der Waals surface area contributed by atoms with Crippen molar-refractivity contribution < 1.29 is 19.4 Å². The van der Waals surface area contributed by atoms with E-state index in [9.17, 15) is 9.59 Å². The molecule has 0 aliphatic heterocycles. The zero-order valence-electron chi connectivity index (χ0n) is 10.4. The minimum atomic E-state index is -0.622. The first-order valence-corrected chi connectivity index (χ1v) is 6.00. The van der Waals surface area contributed by atoms with E-state index < -0.39 is 5.97 Å². The highest BCUT2D eigenvalue weighted by Gasteiger charge is 2.32. The van der Waals surface area contributed by atoms with Gasteiger partial charge >= 0.3 is 11.9 Å². The third kappa shape index (κ3) is 6.05. The number of carbonyl (C=O) groups excluding carboxylic acids is 1. The highest BCUT2D eigenvalue weighted by Crippen LogP contribution is 2.32. The van der Waals surface area contributed by atoms with Gasteiger partial charge in [-0.2, -0.15) is 0 Å². The number of carboxylic acids is 1. The number of carboxylic acid groups (broad SMARTS) is 1. The third-order valence-corrected chi connectivity index (χ3v) is 3.43. The molecule has 0 aromatic heterocycles. The van der Waals surface area contributed by atoms with Gasteiger partial charge in [0.25, 0.3) is 0 Å². The minimum Gasteiger partial charge on any atom is -0.481 e. The van der Waals surface area contributed by atoms with Gasteiger partial charge in [-0.15, -0.1) is 0 Å². The van der Waals surface area contributed by atoms with Gasteiger partial charge in [-0.25, -0.2) is 0 Å². The first-order valence-electron chi connectivity index (χ1n) is 6.00. The average Bonchev–Trinajstić information content (AvgIpc) is 2.20. The van der Waals surface area contributed by atoms with Gasteiger partial charge in [-0.1, -0.05) is 21.8 Å². The Morgan fingerprint density at radius 3 is 1.79 bits per heavy atom. The molecular weight excluding hydrogens is 246 g/mol. The summed E-state index contributed by atoms with van der Waals surface area (Å²) in [6.07, 6.45) is 3.37. The lowest BCUT2D eigenvalue weighted by Gasteiger charge is -2.29. The van der Waals surface area contributed by atoms with E-state index in [0.717, 1.165) is 25.7 Å². The van der Waals surface area contributed by atoms with Gasteiger partial charge in [0.1, 0.15) is 0 Å². The van der Waals surface area contributed by atoms with Gasteiger partial charge in [0.05, 0.1) is 18.9 Å². The van der Waals surface area contributed by atoms with Crippen LogP contribution in [0.1, 0.15) is 47.5 Å². The summed E-state index contributed by atoms with van der Waals surface area (Å²) < 4.78 is 4.51. The third-order valence-electron chi connectivity index (χ3n) is 3.43. The number of methoxy groups -OCH3 is 1. The lowest BCUT2D eigenvalue weighted by molar-refractivity contribution is -0.149. The summed E-state index contributed by atoms with van der Waals surface area (Å²) in [5.74, 6) is -0.0223. The Balaban J connectivity index is 0. The van der Waals surface area contributed by atoms with E-state index in [-0.39, 0.29) is 38.7 Å². The van der Waals surface area contributed by atoms with Crippen LogP contribution in [0, 0.1) is 17.8 Å². The lowest BCUT2D eigenvalue weighted by atomic mass is 9.76. The highest BCUT2D eigenvalue weighted by molar-refractivity contribution is 5.73. The summed E-state index contributed by atoms with van der Waals surface area (Å²) in [5.41, 5.74) is 5.45. The molecule has 0 aromatic rings. The van der Waals surface area contributed by atoms with Crippen molar-refractivity contribution in [3.63, 3.8) is 0 Å². The molecular formula is C14H29NO4. The molecule has 0 spiro atoms. The quantitative estimate of drug-likeness (QED) is 0.755. The Kier molecular flexibility index (Phi) is 9.48. The molecule has 0 bridgehead atoms. The van der Waals surface area contributed by atoms with Crippen molar-refractivity contribution in [1.29, 1.82) is 0 Å². The monoisotopic (exact) mass is 275 g/mol. The second kappa shape index (κ2) is 8.91. The summed E-state index contributed by atoms with van der Waals surface area (Å²) in [4.78, 5) is 20.8. The maximum atomic E-state index is 10.7. The molecule has 114 valence electrons. The molecule has 5 nitrogen and oxygen atoms in total. The highest BCUT2D eigenvalue weighted by atomic mass is 16.5. The molecule has 2 fully saturated rings. The second-order valence-corrected chi connectivity index (χ2v) is 5.06. The van der Waals surface area contributed by atoms with Gasteiger partial charge in [-0.3, -0.25) is 9.59 Å². The van der Waals surface area contributed by atoms with Crippen molar-refractivity contribution in [2.24, 2.45) is 23.5 Å². The van der Waals surface area contributed by atoms with Crippen LogP contribution in [-0.4, -0.2) is 30.2 Å². The topological polar surface area (TPSA) is 89.6 Å². The molecule has 2 saturated carbocycles. The average molecular weight is 275 g/mol. The summed E-state index contributed by atoms with van der Waals surface area (Å²) >= 11 is 0. The van der Waals surface area contributed by atoms with Crippen LogP contribution in [0.15, 0.2) is 0 Å². The van der Waals surface area contributed by atoms with Crippen molar-refractivity contribution >= 4 is 11.9 Å². The van der Waals surface area contributed by atoms with E-state index in [0.29, 0.717) is 5.92 Å². The maximum Gasteiger partial charge on any atom is 0.308 e. The van der Waals surface area contributed by atoms with Crippen LogP contribution < -0.4 is 5.73 Å². The van der Waals surface area contributed by atoms with Crippen molar-refractivity contribution in [3.05, 3.63) is 0 Å². The van der Waals surface area contributed by atoms with Crippen LogP contribution in [0.2, 0.25) is 0 Å². The fourth-order valence-electron chi connectivity index (χ4n) is 2.12. The summed E-state index contributed by atoms with van der Waals surface area (Å²) in [5, 5.41) is 8.35. The van der Waals surface area contributed by atoms with Gasteiger partial charge in [-0.05, 0) is 31.6 Å². The summed E-state index contributed by atoms with van der Waals surface area (Å²) in [6, 6.07) is 0.231. The Hall–Kier alpha value is -1.10. The predicted molar refractivity (Wildman–Crippen MR) is 75.7 cm³/mol. The second-order valence-electron chi connectivity index (χ2n) is 5.06. The van der Waals surface area contributed by atoms with Crippen molar-refractivity contribution in [3.8, 4) is 0 Å². The molecule has 0 heterocycles. The summed E-state index contributed by atoms with van der Waals surface area (Å²) in [7, 11) is 1.41. The normalized spacial score (nSPS) is 30.9. The number of carbonyl (C=O) groups is 2. The molecule has 19 heavy (non-hydrogen) atoms. The zero-order chi connectivity index (χ0) is 13.0. The number of nitrogens with two attached hydrogens (primary N) is 1. The largest absolute Gasteiger partial charge is 0.481 e. The number of ether oxygens (including phenoxy) is 1. The standard InChI is InChI=1S/C6H11NO2.C6H10O2.2CH4/c1-9-6(8)4-2-5(7)3-4;1-4-2-5(3-4)6(7)8;;/h4-5H,2-3,7H2,1H3;4-5H,2-3H2,1H3,(H,7,8);2*1H4. The Bertz CT molecular complexity index is 281. The summed E-state index contributed by atoms with van der Waals surface area (Å²) in [6.45, 7) is 2.08. The minimum absolute atomic E-state index is 0. The molecule has 3 N–H and O–H groups in total. The molecule has 5 heteroatoms.